The maximum atomic E-state index is 14.2. The van der Waals surface area contributed by atoms with Crippen molar-refractivity contribution < 1.29 is 42.5 Å². The number of ether oxygens (including phenoxy) is 5. The molecule has 45 heavy (non-hydrogen) atoms. The number of esters is 3. The third-order valence-corrected chi connectivity index (χ3v) is 7.51. The van der Waals surface area contributed by atoms with Crippen molar-refractivity contribution in [1.29, 1.82) is 0 Å². The minimum Gasteiger partial charge on any atom is -0.462 e. The minimum absolute atomic E-state index is 0.0300. The minimum atomic E-state index is -1.20. The van der Waals surface area contributed by atoms with E-state index in [9.17, 15) is 28.4 Å². The molecule has 1 aromatic heterocycles. The zero-order valence-electron chi connectivity index (χ0n) is 27.2. The molecule has 256 valence electrons. The van der Waals surface area contributed by atoms with Crippen LogP contribution in [0.15, 0.2) is 15.8 Å². The number of carbonyl (C=O) groups excluding carboxylic acids is 3. The summed E-state index contributed by atoms with van der Waals surface area (Å²) in [5, 5.41) is 0. The van der Waals surface area contributed by atoms with Gasteiger partial charge in [-0.2, -0.15) is 4.39 Å². The van der Waals surface area contributed by atoms with E-state index in [0.29, 0.717) is 25.6 Å². The van der Waals surface area contributed by atoms with Crippen molar-refractivity contribution in [3.8, 4) is 0 Å². The number of nitrogens with zero attached hydrogens (tertiary/aromatic N) is 1. The number of H-pyrrole nitrogens is 1. The molecule has 12 nitrogen and oxygen atoms in total. The highest BCUT2D eigenvalue weighted by Crippen LogP contribution is 2.33. The van der Waals surface area contributed by atoms with E-state index in [1.165, 1.54) is 0 Å². The molecule has 0 aliphatic carbocycles. The number of hydrogen-bond acceptors (Lipinski definition) is 10. The van der Waals surface area contributed by atoms with Gasteiger partial charge in [-0.1, -0.05) is 65.7 Å². The number of halogens is 1. The predicted octanol–water partition coefficient (Wildman–Crippen LogP) is 4.87. The maximum absolute atomic E-state index is 14.2. The largest absolute Gasteiger partial charge is 0.462 e. The van der Waals surface area contributed by atoms with Gasteiger partial charge in [0.15, 0.2) is 6.10 Å². The molecule has 1 saturated heterocycles. The van der Waals surface area contributed by atoms with Crippen molar-refractivity contribution in [2.24, 2.45) is 0 Å². The van der Waals surface area contributed by atoms with Crippen LogP contribution < -0.4 is 11.2 Å². The molecular weight excluding hydrogens is 591 g/mol. The smallest absolute Gasteiger partial charge is 0.330 e. The van der Waals surface area contributed by atoms with Crippen LogP contribution >= 0.6 is 0 Å². The molecule has 1 N–H and O–H groups in total. The SMILES string of the molecule is CCCCCCC(=O)OC(COC(=O)CC(C)OCCCC)[C@H]1O[C@@H](n2cc(F)c(=O)[nH]c2=O)C[C@@H]1OC(=O)CCCCCC. The number of aromatic nitrogens is 2. The summed E-state index contributed by atoms with van der Waals surface area (Å²) in [7, 11) is 0. The summed E-state index contributed by atoms with van der Waals surface area (Å²) in [5.41, 5.74) is -2.11. The average Bonchev–Trinajstić information content (AvgIpc) is 3.40. The van der Waals surface area contributed by atoms with Crippen molar-refractivity contribution in [3.05, 3.63) is 32.9 Å². The second-order valence-electron chi connectivity index (χ2n) is 11.5. The lowest BCUT2D eigenvalue weighted by Crippen LogP contribution is -2.43. The molecule has 2 heterocycles. The fourth-order valence-corrected chi connectivity index (χ4v) is 4.95. The quantitative estimate of drug-likeness (QED) is 0.105. The molecule has 1 aromatic rings. The Labute approximate surface area is 264 Å². The monoisotopic (exact) mass is 642 g/mol. The van der Waals surface area contributed by atoms with Gasteiger partial charge in [0, 0.05) is 25.9 Å². The Morgan fingerprint density at radius 3 is 2.24 bits per heavy atom. The molecule has 0 aromatic carbocycles. The molecule has 1 aliphatic rings. The molecule has 0 spiro atoms. The van der Waals surface area contributed by atoms with E-state index in [1.54, 1.807) is 6.92 Å². The maximum Gasteiger partial charge on any atom is 0.330 e. The second-order valence-corrected chi connectivity index (χ2v) is 11.5. The average molecular weight is 643 g/mol. The van der Waals surface area contributed by atoms with Gasteiger partial charge in [-0.25, -0.2) is 4.79 Å². The van der Waals surface area contributed by atoms with E-state index < -0.39 is 66.1 Å². The van der Waals surface area contributed by atoms with Gasteiger partial charge in [0.1, 0.15) is 25.0 Å². The van der Waals surface area contributed by atoms with E-state index in [1.807, 2.05) is 11.9 Å². The Kier molecular flexibility index (Phi) is 17.7. The molecule has 2 unspecified atom stereocenters. The topological polar surface area (TPSA) is 152 Å². The van der Waals surface area contributed by atoms with Crippen LogP contribution in [0.3, 0.4) is 0 Å². The Balaban J connectivity index is 2.27. The van der Waals surface area contributed by atoms with Crippen LogP contribution in [0, 0.1) is 5.82 Å². The van der Waals surface area contributed by atoms with E-state index in [0.717, 1.165) is 55.9 Å². The Bertz CT molecular complexity index is 1170. The number of rotatable bonds is 22. The first-order chi connectivity index (χ1) is 21.6. The van der Waals surface area contributed by atoms with Crippen molar-refractivity contribution in [2.45, 2.75) is 148 Å². The lowest BCUT2D eigenvalue weighted by atomic mass is 10.1. The highest BCUT2D eigenvalue weighted by Gasteiger charge is 2.46. The lowest BCUT2D eigenvalue weighted by Gasteiger charge is -2.27. The fraction of sp³-hybridized carbons (Fsp3) is 0.781. The van der Waals surface area contributed by atoms with E-state index in [-0.39, 0.29) is 31.8 Å². The van der Waals surface area contributed by atoms with Crippen LogP contribution in [0.1, 0.15) is 124 Å². The third-order valence-electron chi connectivity index (χ3n) is 7.51. The number of hydrogen-bond donors (Lipinski definition) is 1. The molecule has 0 amide bonds. The molecule has 0 radical (unpaired) electrons. The first kappa shape index (κ1) is 38.1. The standard InChI is InChI=1S/C32H51FN2O10/c1-5-8-11-13-15-27(36)43-24-19-26(35-20-23(33)31(39)34-32(35)40)45-30(24)25(44-28(37)16-14-12-9-6-2)21-42-29(38)18-22(4)41-17-10-7-3/h20,22,24-26,30H,5-19,21H2,1-4H3,(H,34,39,40)/t22?,24-,25?,26+,30-/m0/s1. The van der Waals surface area contributed by atoms with Gasteiger partial charge in [0.05, 0.1) is 18.7 Å². The third kappa shape index (κ3) is 13.9. The first-order valence-electron chi connectivity index (χ1n) is 16.4. The fourth-order valence-electron chi connectivity index (χ4n) is 4.95. The van der Waals surface area contributed by atoms with Gasteiger partial charge in [-0.15, -0.1) is 0 Å². The van der Waals surface area contributed by atoms with Crippen molar-refractivity contribution in [3.63, 3.8) is 0 Å². The van der Waals surface area contributed by atoms with Crippen LogP contribution in [-0.4, -0.2) is 65.1 Å². The first-order valence-corrected chi connectivity index (χ1v) is 16.4. The summed E-state index contributed by atoms with van der Waals surface area (Å²) < 4.78 is 43.7. The zero-order valence-corrected chi connectivity index (χ0v) is 27.2. The number of unbranched alkanes of at least 4 members (excludes halogenated alkanes) is 7. The Morgan fingerprint density at radius 2 is 1.60 bits per heavy atom. The molecule has 13 heteroatoms. The normalized spacial score (nSPS) is 19.2. The number of nitrogens with one attached hydrogen (secondary N) is 1. The van der Waals surface area contributed by atoms with Gasteiger partial charge in [0.2, 0.25) is 5.82 Å². The van der Waals surface area contributed by atoms with Gasteiger partial charge in [0.25, 0.3) is 5.56 Å². The summed E-state index contributed by atoms with van der Waals surface area (Å²) >= 11 is 0. The predicted molar refractivity (Wildman–Crippen MR) is 163 cm³/mol. The summed E-state index contributed by atoms with van der Waals surface area (Å²) in [6.45, 7) is 8.00. The van der Waals surface area contributed by atoms with Crippen LogP contribution in [-0.2, 0) is 38.1 Å². The molecular formula is C32H51FN2O10. The Hall–Kier alpha value is -3.06. The van der Waals surface area contributed by atoms with E-state index >= 15 is 0 Å². The molecule has 5 atom stereocenters. The van der Waals surface area contributed by atoms with Gasteiger partial charge < -0.3 is 23.7 Å². The van der Waals surface area contributed by atoms with Crippen molar-refractivity contribution in [1.82, 2.24) is 9.55 Å². The molecule has 0 bridgehead atoms. The molecule has 2 rings (SSSR count). The highest BCUT2D eigenvalue weighted by atomic mass is 19.1. The van der Waals surface area contributed by atoms with Crippen molar-refractivity contribution in [2.75, 3.05) is 13.2 Å². The van der Waals surface area contributed by atoms with Crippen LogP contribution in [0.5, 0.6) is 0 Å². The van der Waals surface area contributed by atoms with Gasteiger partial charge in [-0.05, 0) is 26.2 Å². The highest BCUT2D eigenvalue weighted by molar-refractivity contribution is 5.71. The summed E-state index contributed by atoms with van der Waals surface area (Å²) in [6, 6.07) is 0. The van der Waals surface area contributed by atoms with Gasteiger partial charge >= 0.3 is 23.6 Å². The van der Waals surface area contributed by atoms with Crippen LogP contribution in [0.2, 0.25) is 0 Å². The molecule has 1 aliphatic heterocycles. The van der Waals surface area contributed by atoms with Crippen LogP contribution in [0.25, 0.3) is 0 Å². The summed E-state index contributed by atoms with van der Waals surface area (Å²) in [4.78, 5) is 64.4. The Morgan fingerprint density at radius 1 is 0.956 bits per heavy atom. The summed E-state index contributed by atoms with van der Waals surface area (Å²) in [6.07, 6.45) is 4.54. The second kappa shape index (κ2) is 20.9. The number of aromatic amines is 1. The van der Waals surface area contributed by atoms with E-state index in [2.05, 4.69) is 13.8 Å². The molecule has 1 fully saturated rings. The van der Waals surface area contributed by atoms with Crippen LogP contribution in [0.4, 0.5) is 4.39 Å². The molecule has 0 saturated carbocycles. The summed E-state index contributed by atoms with van der Waals surface area (Å²) in [5.74, 6) is -2.84. The zero-order chi connectivity index (χ0) is 33.2. The number of carbonyl (C=O) groups is 3. The van der Waals surface area contributed by atoms with Gasteiger partial charge in [-0.3, -0.25) is 28.7 Å². The van der Waals surface area contributed by atoms with E-state index in [4.69, 9.17) is 23.7 Å². The van der Waals surface area contributed by atoms with Crippen molar-refractivity contribution >= 4 is 17.9 Å². The lowest BCUT2D eigenvalue weighted by molar-refractivity contribution is -0.179.